The van der Waals surface area contributed by atoms with Gasteiger partial charge in [0.2, 0.25) is 0 Å². The highest BCUT2D eigenvalue weighted by atomic mass is 13.9. The van der Waals surface area contributed by atoms with E-state index in [0.29, 0.717) is 0 Å². The molecule has 0 saturated heterocycles. The van der Waals surface area contributed by atoms with Crippen molar-refractivity contribution >= 4 is 0 Å². The lowest BCUT2D eigenvalue weighted by molar-refractivity contribution is 0.728. The summed E-state index contributed by atoms with van der Waals surface area (Å²) < 4.78 is 0. The molecule has 0 aliphatic rings. The molecule has 0 heteroatoms. The average molecular weight is 233 g/mol. The zero-order chi connectivity index (χ0) is 12.6. The van der Waals surface area contributed by atoms with Crippen LogP contribution in [0, 0.1) is 6.92 Å². The summed E-state index contributed by atoms with van der Waals surface area (Å²) in [6.45, 7) is 6.07. The molecule has 0 rings (SSSR count). The maximum Gasteiger partial charge on any atom is -0.0169 e. The highest BCUT2D eigenvalue weighted by molar-refractivity contribution is 4.97. The van der Waals surface area contributed by atoms with Gasteiger partial charge in [0.05, 0.1) is 0 Å². The second-order valence-electron chi connectivity index (χ2n) is 4.38. The molecule has 17 heavy (non-hydrogen) atoms. The Kier molecular flexibility index (Phi) is 14.5. The fraction of sp³-hybridized carbons (Fsp3) is 0.588. The zero-order valence-electron chi connectivity index (χ0n) is 11.5. The Morgan fingerprint density at radius 3 is 1.76 bits per heavy atom. The van der Waals surface area contributed by atoms with Crippen LogP contribution in [0.3, 0.4) is 0 Å². The van der Waals surface area contributed by atoms with Crippen LogP contribution in [-0.2, 0) is 0 Å². The van der Waals surface area contributed by atoms with E-state index in [-0.39, 0.29) is 0 Å². The molecule has 0 aliphatic heterocycles. The molecule has 0 spiro atoms. The van der Waals surface area contributed by atoms with Crippen molar-refractivity contribution in [2.45, 2.75) is 64.7 Å². The third-order valence-electron chi connectivity index (χ3n) is 2.64. The molecule has 97 valence electrons. The van der Waals surface area contributed by atoms with E-state index in [0.717, 1.165) is 19.3 Å². The van der Waals surface area contributed by atoms with Crippen LogP contribution >= 0.6 is 0 Å². The summed E-state index contributed by atoms with van der Waals surface area (Å²) in [7, 11) is 0. The van der Waals surface area contributed by atoms with E-state index >= 15 is 0 Å². The summed E-state index contributed by atoms with van der Waals surface area (Å²) in [6.07, 6.45) is 24.4. The van der Waals surface area contributed by atoms with Gasteiger partial charge in [0.15, 0.2) is 0 Å². The Hall–Kier alpha value is -0.780. The number of unbranched alkanes of at least 4 members (excludes halogenated alkanes) is 5. The topological polar surface area (TPSA) is 0 Å². The standard InChI is InChI=1S/C17H29/c1-3-5-7-9-11-13-15-17-16-14-12-10-8-6-4-2/h9,11-12,14-15,17H,1,3-8,10,13,16H2,2H3/b11-9-,14-12-,17-15-. The minimum atomic E-state index is 1.04. The third-order valence-corrected chi connectivity index (χ3v) is 2.64. The van der Waals surface area contributed by atoms with Crippen molar-refractivity contribution in [3.8, 4) is 0 Å². The molecule has 1 radical (unpaired) electrons. The van der Waals surface area contributed by atoms with E-state index < -0.39 is 0 Å². The van der Waals surface area contributed by atoms with Crippen molar-refractivity contribution in [1.29, 1.82) is 0 Å². The Morgan fingerprint density at radius 1 is 0.706 bits per heavy atom. The Morgan fingerprint density at radius 2 is 1.24 bits per heavy atom. The lowest BCUT2D eigenvalue weighted by atomic mass is 10.2. The van der Waals surface area contributed by atoms with Crippen LogP contribution in [0.4, 0.5) is 0 Å². The predicted molar refractivity (Wildman–Crippen MR) is 80.0 cm³/mol. The molecule has 0 nitrogen and oxygen atoms in total. The van der Waals surface area contributed by atoms with Gasteiger partial charge in [-0.25, -0.2) is 0 Å². The first-order chi connectivity index (χ1) is 8.41. The van der Waals surface area contributed by atoms with Crippen molar-refractivity contribution in [2.75, 3.05) is 0 Å². The lowest BCUT2D eigenvalue weighted by Crippen LogP contribution is -1.70. The van der Waals surface area contributed by atoms with Crippen molar-refractivity contribution in [2.24, 2.45) is 0 Å². The molecular weight excluding hydrogens is 204 g/mol. The van der Waals surface area contributed by atoms with Crippen molar-refractivity contribution in [3.63, 3.8) is 0 Å². The molecule has 0 N–H and O–H groups in total. The minimum absolute atomic E-state index is 1.04. The summed E-state index contributed by atoms with van der Waals surface area (Å²) in [5.74, 6) is 0. The van der Waals surface area contributed by atoms with E-state index in [1.807, 2.05) is 0 Å². The molecule has 0 aromatic heterocycles. The number of rotatable bonds is 11. The third kappa shape index (κ3) is 15.2. The van der Waals surface area contributed by atoms with Gasteiger partial charge < -0.3 is 0 Å². The number of hydrogen-bond acceptors (Lipinski definition) is 0. The van der Waals surface area contributed by atoms with E-state index in [1.54, 1.807) is 0 Å². The molecule has 0 bridgehead atoms. The van der Waals surface area contributed by atoms with Gasteiger partial charge in [0.1, 0.15) is 0 Å². The van der Waals surface area contributed by atoms with Gasteiger partial charge in [0, 0.05) is 0 Å². The number of hydrogen-bond donors (Lipinski definition) is 0. The first-order valence-electron chi connectivity index (χ1n) is 7.16. The quantitative estimate of drug-likeness (QED) is 0.302. The van der Waals surface area contributed by atoms with Crippen LogP contribution in [0.15, 0.2) is 36.5 Å². The summed E-state index contributed by atoms with van der Waals surface area (Å²) >= 11 is 0. The van der Waals surface area contributed by atoms with Crippen molar-refractivity contribution in [1.82, 2.24) is 0 Å². The van der Waals surface area contributed by atoms with Gasteiger partial charge in [-0.05, 0) is 38.5 Å². The fourth-order valence-electron chi connectivity index (χ4n) is 1.55. The van der Waals surface area contributed by atoms with Crippen LogP contribution in [0.2, 0.25) is 0 Å². The second-order valence-corrected chi connectivity index (χ2v) is 4.38. The molecular formula is C17H29. The average Bonchev–Trinajstić information content (AvgIpc) is 2.35. The van der Waals surface area contributed by atoms with Gasteiger partial charge in [-0.1, -0.05) is 69.6 Å². The fourth-order valence-corrected chi connectivity index (χ4v) is 1.55. The van der Waals surface area contributed by atoms with Crippen LogP contribution in [-0.4, -0.2) is 0 Å². The van der Waals surface area contributed by atoms with E-state index in [2.05, 4.69) is 50.3 Å². The van der Waals surface area contributed by atoms with E-state index in [4.69, 9.17) is 0 Å². The molecule has 0 aliphatic carbocycles. The first kappa shape index (κ1) is 16.2. The predicted octanol–water partition coefficient (Wildman–Crippen LogP) is 6.02. The summed E-state index contributed by atoms with van der Waals surface area (Å²) in [4.78, 5) is 0. The molecule has 0 fully saturated rings. The number of allylic oxidation sites excluding steroid dienone is 6. The highest BCUT2D eigenvalue weighted by Gasteiger charge is 1.80. The molecule has 0 heterocycles. The van der Waals surface area contributed by atoms with Crippen molar-refractivity contribution < 1.29 is 0 Å². The van der Waals surface area contributed by atoms with Gasteiger partial charge in [-0.15, -0.1) is 0 Å². The van der Waals surface area contributed by atoms with Gasteiger partial charge in [-0.2, -0.15) is 0 Å². The summed E-state index contributed by atoms with van der Waals surface area (Å²) in [5.41, 5.74) is 0. The van der Waals surface area contributed by atoms with E-state index in [9.17, 15) is 0 Å². The zero-order valence-corrected chi connectivity index (χ0v) is 11.5. The lowest BCUT2D eigenvalue weighted by Gasteiger charge is -1.90. The largest absolute Gasteiger partial charge is 0.0882 e. The molecule has 0 atom stereocenters. The molecule has 0 aromatic rings. The Labute approximate surface area is 109 Å². The molecule has 0 aromatic carbocycles. The second kappa shape index (κ2) is 15.2. The maximum atomic E-state index is 3.82. The Bertz CT molecular complexity index is 208. The minimum Gasteiger partial charge on any atom is -0.0882 e. The summed E-state index contributed by atoms with van der Waals surface area (Å²) in [5, 5.41) is 0. The first-order valence-corrected chi connectivity index (χ1v) is 7.16. The summed E-state index contributed by atoms with van der Waals surface area (Å²) in [6, 6.07) is 0. The Balaban J connectivity index is 3.27. The highest BCUT2D eigenvalue weighted by Crippen LogP contribution is 2.01. The van der Waals surface area contributed by atoms with Crippen LogP contribution in [0.1, 0.15) is 64.7 Å². The van der Waals surface area contributed by atoms with Gasteiger partial charge in [-0.3, -0.25) is 0 Å². The van der Waals surface area contributed by atoms with Crippen LogP contribution in [0.25, 0.3) is 0 Å². The molecule has 0 amide bonds. The van der Waals surface area contributed by atoms with Gasteiger partial charge in [0.25, 0.3) is 0 Å². The van der Waals surface area contributed by atoms with Crippen LogP contribution in [0.5, 0.6) is 0 Å². The van der Waals surface area contributed by atoms with Crippen molar-refractivity contribution in [3.05, 3.63) is 43.4 Å². The normalized spacial score (nSPS) is 12.4. The maximum absolute atomic E-state index is 3.82. The monoisotopic (exact) mass is 233 g/mol. The molecule has 0 saturated carbocycles. The SMILES string of the molecule is [CH2]CCC/C=C\C/C=C\C/C=C\CCCCC. The molecule has 0 unspecified atom stereocenters. The van der Waals surface area contributed by atoms with Gasteiger partial charge >= 0.3 is 0 Å². The van der Waals surface area contributed by atoms with Crippen LogP contribution < -0.4 is 0 Å². The van der Waals surface area contributed by atoms with E-state index in [1.165, 1.54) is 38.5 Å². The smallest absolute Gasteiger partial charge is 0.0169 e.